The highest BCUT2D eigenvalue weighted by atomic mass is 31.2. The Hall–Kier alpha value is -0.990. The molecule has 3 N–H and O–H groups in total. The smallest absolute Gasteiger partial charge is 0.462 e. The number of phosphoric ester groups is 1. The predicted octanol–water partition coefficient (Wildman–Crippen LogP) is 12.8. The zero-order valence-corrected chi connectivity index (χ0v) is 35.7. The molecular weight excluding hydrogens is 689 g/mol. The van der Waals surface area contributed by atoms with Crippen LogP contribution >= 0.6 is 7.82 Å². The third kappa shape index (κ3) is 40.5. The van der Waals surface area contributed by atoms with E-state index in [1.54, 1.807) is 0 Å². The Labute approximate surface area is 327 Å². The molecule has 0 aliphatic rings. The molecule has 316 valence electrons. The van der Waals surface area contributed by atoms with Gasteiger partial charge in [-0.15, -0.1) is 0 Å². The van der Waals surface area contributed by atoms with E-state index in [9.17, 15) is 19.0 Å². The highest BCUT2D eigenvalue weighted by Gasteiger charge is 2.26. The maximum Gasteiger partial charge on any atom is 0.472 e. The molecule has 2 atom stereocenters. The van der Waals surface area contributed by atoms with Crippen LogP contribution in [0.1, 0.15) is 232 Å². The van der Waals surface area contributed by atoms with Gasteiger partial charge in [0, 0.05) is 19.4 Å². The van der Waals surface area contributed by atoms with E-state index in [4.69, 9.17) is 24.3 Å². The van der Waals surface area contributed by atoms with Crippen LogP contribution in [0.2, 0.25) is 0 Å². The highest BCUT2D eigenvalue weighted by molar-refractivity contribution is 7.47. The second-order valence-electron chi connectivity index (χ2n) is 15.3. The van der Waals surface area contributed by atoms with E-state index < -0.39 is 26.5 Å². The molecule has 1 unspecified atom stereocenters. The zero-order chi connectivity index (χ0) is 38.9. The predicted molar refractivity (Wildman–Crippen MR) is 220 cm³/mol. The molecule has 0 spiro atoms. The zero-order valence-electron chi connectivity index (χ0n) is 34.8. The summed E-state index contributed by atoms with van der Waals surface area (Å²) in [5, 5.41) is 0. The fraction of sp³-hybridized carbons (Fsp3) is 0.953. The molecule has 0 aromatic heterocycles. The van der Waals surface area contributed by atoms with Crippen LogP contribution in [0.15, 0.2) is 0 Å². The minimum Gasteiger partial charge on any atom is -0.462 e. The topological polar surface area (TPSA) is 134 Å². The second-order valence-corrected chi connectivity index (χ2v) is 16.7. The van der Waals surface area contributed by atoms with E-state index in [2.05, 4.69) is 13.8 Å². The molecule has 0 saturated carbocycles. The number of nitrogens with two attached hydrogens (primary N) is 1. The van der Waals surface area contributed by atoms with Crippen molar-refractivity contribution in [2.24, 2.45) is 5.73 Å². The fourth-order valence-corrected chi connectivity index (χ4v) is 7.40. The Kier molecular flexibility index (Phi) is 39.9. The van der Waals surface area contributed by atoms with Crippen molar-refractivity contribution < 1.29 is 37.6 Å². The van der Waals surface area contributed by atoms with Crippen molar-refractivity contribution >= 4 is 19.8 Å². The lowest BCUT2D eigenvalue weighted by molar-refractivity contribution is -0.161. The van der Waals surface area contributed by atoms with Crippen molar-refractivity contribution in [1.82, 2.24) is 0 Å². The van der Waals surface area contributed by atoms with Gasteiger partial charge in [0.1, 0.15) is 6.61 Å². The summed E-state index contributed by atoms with van der Waals surface area (Å²) in [7, 11) is -4.37. The number of esters is 2. The molecule has 9 nitrogen and oxygen atoms in total. The van der Waals surface area contributed by atoms with Gasteiger partial charge in [0.05, 0.1) is 13.2 Å². The Morgan fingerprint density at radius 3 is 1.15 bits per heavy atom. The third-order valence-corrected chi connectivity index (χ3v) is 11.0. The van der Waals surface area contributed by atoms with Crippen LogP contribution in [-0.2, 0) is 32.7 Å². The van der Waals surface area contributed by atoms with Crippen LogP contribution in [0.25, 0.3) is 0 Å². The summed E-state index contributed by atoms with van der Waals surface area (Å²) in [6.45, 7) is 3.77. The van der Waals surface area contributed by atoms with Gasteiger partial charge in [-0.05, 0) is 12.8 Å². The largest absolute Gasteiger partial charge is 0.472 e. The summed E-state index contributed by atoms with van der Waals surface area (Å²) in [4.78, 5) is 34.8. The Morgan fingerprint density at radius 1 is 0.491 bits per heavy atom. The quantitative estimate of drug-likeness (QED) is 0.0352. The van der Waals surface area contributed by atoms with Crippen molar-refractivity contribution in [3.8, 4) is 0 Å². The van der Waals surface area contributed by atoms with Crippen LogP contribution in [0.5, 0.6) is 0 Å². The van der Waals surface area contributed by atoms with E-state index in [0.717, 1.165) is 32.1 Å². The lowest BCUT2D eigenvalue weighted by Crippen LogP contribution is -2.29. The molecule has 0 aromatic rings. The van der Waals surface area contributed by atoms with Gasteiger partial charge in [0.2, 0.25) is 0 Å². The number of ether oxygens (including phenoxy) is 2. The SMILES string of the molecule is CCCCCCCCCCCCCCCCCCCCCCC(=O)O[C@H](COC(=O)CCCCCCCCCCCCCC)COP(=O)(O)OCCN. The number of phosphoric acid groups is 1. The molecular formula is C43H86NO8P. The monoisotopic (exact) mass is 776 g/mol. The van der Waals surface area contributed by atoms with Gasteiger partial charge in [-0.25, -0.2) is 4.57 Å². The van der Waals surface area contributed by atoms with Crippen LogP contribution in [-0.4, -0.2) is 49.3 Å². The van der Waals surface area contributed by atoms with E-state index >= 15 is 0 Å². The first-order valence-corrected chi connectivity index (χ1v) is 24.0. The maximum atomic E-state index is 12.6. The van der Waals surface area contributed by atoms with E-state index in [0.29, 0.717) is 6.42 Å². The standard InChI is InChI=1S/C43H86NO8P/c1-3-5-7-9-11-13-15-17-18-19-20-21-22-23-24-26-28-30-32-34-36-43(46)52-41(40-51-53(47,48)50-38-37-44)39-49-42(45)35-33-31-29-27-25-16-14-12-10-8-6-4-2/h41H,3-40,44H2,1-2H3,(H,47,48)/t41-/m1/s1. The van der Waals surface area contributed by atoms with Gasteiger partial charge >= 0.3 is 19.8 Å². The Bertz CT molecular complexity index is 845. The molecule has 0 fully saturated rings. The van der Waals surface area contributed by atoms with Gasteiger partial charge in [-0.1, -0.05) is 206 Å². The van der Waals surface area contributed by atoms with Gasteiger partial charge in [-0.3, -0.25) is 18.6 Å². The van der Waals surface area contributed by atoms with Crippen molar-refractivity contribution in [2.75, 3.05) is 26.4 Å². The summed E-state index contributed by atoms with van der Waals surface area (Å²) >= 11 is 0. The van der Waals surface area contributed by atoms with Crippen LogP contribution in [0.4, 0.5) is 0 Å². The number of carbonyl (C=O) groups excluding carboxylic acids is 2. The lowest BCUT2D eigenvalue weighted by atomic mass is 10.0. The van der Waals surface area contributed by atoms with E-state index in [-0.39, 0.29) is 38.6 Å². The molecule has 0 rings (SSSR count). The molecule has 0 bridgehead atoms. The van der Waals surface area contributed by atoms with Gasteiger partial charge in [0.25, 0.3) is 0 Å². The van der Waals surface area contributed by atoms with E-state index in [1.807, 2.05) is 0 Å². The first kappa shape index (κ1) is 52.0. The number of carbonyl (C=O) groups is 2. The van der Waals surface area contributed by atoms with Crippen LogP contribution in [0.3, 0.4) is 0 Å². The average molecular weight is 776 g/mol. The first-order valence-electron chi connectivity index (χ1n) is 22.5. The normalized spacial score (nSPS) is 13.2. The molecule has 53 heavy (non-hydrogen) atoms. The Morgan fingerprint density at radius 2 is 0.811 bits per heavy atom. The molecule has 0 radical (unpaired) electrons. The molecule has 0 saturated heterocycles. The minimum absolute atomic E-state index is 0.0581. The second kappa shape index (κ2) is 40.7. The van der Waals surface area contributed by atoms with E-state index in [1.165, 1.54) is 167 Å². The highest BCUT2D eigenvalue weighted by Crippen LogP contribution is 2.43. The summed E-state index contributed by atoms with van der Waals surface area (Å²) in [5.74, 6) is -0.813. The fourth-order valence-electron chi connectivity index (χ4n) is 6.64. The lowest BCUT2D eigenvalue weighted by Gasteiger charge is -2.19. The van der Waals surface area contributed by atoms with Gasteiger partial charge < -0.3 is 20.1 Å². The van der Waals surface area contributed by atoms with Gasteiger partial charge in [-0.2, -0.15) is 0 Å². The third-order valence-electron chi connectivity index (χ3n) is 9.99. The minimum atomic E-state index is -4.37. The summed E-state index contributed by atoms with van der Waals surface area (Å²) in [6.07, 6.45) is 39.9. The molecule has 0 aliphatic carbocycles. The van der Waals surface area contributed by atoms with Crippen molar-refractivity contribution in [3.63, 3.8) is 0 Å². The number of rotatable bonds is 43. The average Bonchev–Trinajstić information content (AvgIpc) is 3.14. The molecule has 0 aromatic carbocycles. The molecule has 0 amide bonds. The van der Waals surface area contributed by atoms with Crippen molar-refractivity contribution in [1.29, 1.82) is 0 Å². The summed E-state index contributed by atoms with van der Waals surface area (Å²) in [5.41, 5.74) is 5.35. The molecule has 0 aliphatic heterocycles. The van der Waals surface area contributed by atoms with Crippen molar-refractivity contribution in [2.45, 2.75) is 238 Å². The first-order chi connectivity index (χ1) is 25.8. The van der Waals surface area contributed by atoms with Crippen LogP contribution < -0.4 is 5.73 Å². The molecule has 0 heterocycles. The summed E-state index contributed by atoms with van der Waals surface area (Å²) in [6, 6.07) is 0. The number of unbranched alkanes of at least 4 members (excludes halogenated alkanes) is 30. The van der Waals surface area contributed by atoms with Crippen molar-refractivity contribution in [3.05, 3.63) is 0 Å². The molecule has 10 heteroatoms. The van der Waals surface area contributed by atoms with Gasteiger partial charge in [0.15, 0.2) is 6.10 Å². The maximum absolute atomic E-state index is 12.6. The number of hydrogen-bond donors (Lipinski definition) is 2. The Balaban J connectivity index is 4.04. The van der Waals surface area contributed by atoms with Crippen LogP contribution in [0, 0.1) is 0 Å². The number of hydrogen-bond acceptors (Lipinski definition) is 8. The summed E-state index contributed by atoms with van der Waals surface area (Å²) < 4.78 is 32.8.